The van der Waals surface area contributed by atoms with Gasteiger partial charge in [-0.05, 0) is 41.3 Å². The average molecular weight is 325 g/mol. The first-order chi connectivity index (χ1) is 11.2. The summed E-state index contributed by atoms with van der Waals surface area (Å²) in [7, 11) is 1.37. The summed E-state index contributed by atoms with van der Waals surface area (Å²) in [6, 6.07) is 16.9. The van der Waals surface area contributed by atoms with E-state index in [0.717, 1.165) is 21.3 Å². The van der Waals surface area contributed by atoms with E-state index in [1.807, 2.05) is 48.5 Å². The SMILES string of the molecule is COC(=O)c1cc2cc(CC(=O)Nc3ccccc3)ccc2s1. The van der Waals surface area contributed by atoms with Crippen LogP contribution in [0.25, 0.3) is 10.1 Å². The van der Waals surface area contributed by atoms with Crippen molar-refractivity contribution in [1.82, 2.24) is 0 Å². The van der Waals surface area contributed by atoms with Crippen molar-refractivity contribution >= 4 is 39.0 Å². The molecule has 1 aromatic heterocycles. The highest BCUT2D eigenvalue weighted by molar-refractivity contribution is 7.20. The van der Waals surface area contributed by atoms with Crippen LogP contribution in [0.2, 0.25) is 0 Å². The van der Waals surface area contributed by atoms with Crippen LogP contribution in [0.4, 0.5) is 5.69 Å². The topological polar surface area (TPSA) is 55.4 Å². The number of carbonyl (C=O) groups excluding carboxylic acids is 2. The van der Waals surface area contributed by atoms with Crippen LogP contribution in [-0.2, 0) is 16.0 Å². The van der Waals surface area contributed by atoms with Gasteiger partial charge in [-0.25, -0.2) is 4.79 Å². The van der Waals surface area contributed by atoms with Crippen molar-refractivity contribution in [2.75, 3.05) is 12.4 Å². The first kappa shape index (κ1) is 15.2. The summed E-state index contributed by atoms with van der Waals surface area (Å²) in [5.74, 6) is -0.409. The van der Waals surface area contributed by atoms with Crippen LogP contribution in [0.5, 0.6) is 0 Å². The maximum Gasteiger partial charge on any atom is 0.348 e. The van der Waals surface area contributed by atoms with Gasteiger partial charge in [0.05, 0.1) is 13.5 Å². The molecule has 2 aromatic carbocycles. The summed E-state index contributed by atoms with van der Waals surface area (Å²) in [5.41, 5.74) is 1.68. The minimum atomic E-state index is -0.338. The van der Waals surface area contributed by atoms with Crippen molar-refractivity contribution in [2.45, 2.75) is 6.42 Å². The molecule has 116 valence electrons. The third kappa shape index (κ3) is 3.57. The van der Waals surface area contributed by atoms with Gasteiger partial charge >= 0.3 is 5.97 Å². The molecule has 0 aliphatic carbocycles. The van der Waals surface area contributed by atoms with E-state index in [2.05, 4.69) is 5.32 Å². The smallest absolute Gasteiger partial charge is 0.348 e. The molecule has 0 atom stereocenters. The van der Waals surface area contributed by atoms with Crippen molar-refractivity contribution in [1.29, 1.82) is 0 Å². The molecule has 1 amide bonds. The molecule has 0 aliphatic heterocycles. The molecular formula is C18H15NO3S. The Morgan fingerprint density at radius 2 is 1.87 bits per heavy atom. The van der Waals surface area contributed by atoms with Gasteiger partial charge in [-0.1, -0.05) is 24.3 Å². The summed E-state index contributed by atoms with van der Waals surface area (Å²) in [6.45, 7) is 0. The van der Waals surface area contributed by atoms with Crippen molar-refractivity contribution in [2.24, 2.45) is 0 Å². The standard InChI is InChI=1S/C18H15NO3S/c1-22-18(21)16-11-13-9-12(7-8-15(13)23-16)10-17(20)19-14-5-3-2-4-6-14/h2-9,11H,10H2,1H3,(H,19,20). The number of amides is 1. The molecule has 3 rings (SSSR count). The molecule has 0 saturated carbocycles. The van der Waals surface area contributed by atoms with E-state index < -0.39 is 0 Å². The Morgan fingerprint density at radius 1 is 1.09 bits per heavy atom. The van der Waals surface area contributed by atoms with Crippen molar-refractivity contribution in [3.05, 3.63) is 65.0 Å². The molecule has 1 heterocycles. The molecular weight excluding hydrogens is 310 g/mol. The van der Waals surface area contributed by atoms with E-state index in [-0.39, 0.29) is 18.3 Å². The molecule has 1 N–H and O–H groups in total. The molecule has 0 aliphatic rings. The third-order valence-corrected chi connectivity index (χ3v) is 4.49. The number of methoxy groups -OCH3 is 1. The number of para-hydroxylation sites is 1. The molecule has 0 unspecified atom stereocenters. The molecule has 0 saturated heterocycles. The van der Waals surface area contributed by atoms with Crippen LogP contribution in [0, 0.1) is 0 Å². The van der Waals surface area contributed by atoms with Gasteiger partial charge in [0.2, 0.25) is 5.91 Å². The van der Waals surface area contributed by atoms with Crippen LogP contribution in [0.3, 0.4) is 0 Å². The van der Waals surface area contributed by atoms with Gasteiger partial charge < -0.3 is 10.1 Å². The predicted octanol–water partition coefficient (Wildman–Crippen LogP) is 3.87. The zero-order valence-corrected chi connectivity index (χ0v) is 13.4. The highest BCUT2D eigenvalue weighted by atomic mass is 32.1. The number of hydrogen-bond acceptors (Lipinski definition) is 4. The molecule has 4 nitrogen and oxygen atoms in total. The number of nitrogens with one attached hydrogen (secondary N) is 1. The zero-order chi connectivity index (χ0) is 16.2. The third-order valence-electron chi connectivity index (χ3n) is 3.39. The lowest BCUT2D eigenvalue weighted by molar-refractivity contribution is -0.115. The Labute approximate surface area is 137 Å². The Kier molecular flexibility index (Phi) is 4.39. The number of esters is 1. The van der Waals surface area contributed by atoms with E-state index in [9.17, 15) is 9.59 Å². The van der Waals surface area contributed by atoms with Crippen molar-refractivity contribution < 1.29 is 14.3 Å². The molecule has 0 spiro atoms. The fourth-order valence-electron chi connectivity index (χ4n) is 2.32. The monoisotopic (exact) mass is 325 g/mol. The first-order valence-electron chi connectivity index (χ1n) is 7.11. The van der Waals surface area contributed by atoms with Gasteiger partial charge in [0, 0.05) is 10.4 Å². The predicted molar refractivity (Wildman–Crippen MR) is 91.9 cm³/mol. The Bertz CT molecular complexity index is 855. The fourth-order valence-corrected chi connectivity index (χ4v) is 3.28. The normalized spacial score (nSPS) is 10.5. The maximum atomic E-state index is 12.1. The number of hydrogen-bond donors (Lipinski definition) is 1. The zero-order valence-electron chi connectivity index (χ0n) is 12.5. The minimum absolute atomic E-state index is 0.0704. The van der Waals surface area contributed by atoms with Crippen LogP contribution >= 0.6 is 11.3 Å². The first-order valence-corrected chi connectivity index (χ1v) is 7.93. The molecule has 23 heavy (non-hydrogen) atoms. The van der Waals surface area contributed by atoms with Crippen LogP contribution in [-0.4, -0.2) is 19.0 Å². The molecule has 0 bridgehead atoms. The van der Waals surface area contributed by atoms with Crippen LogP contribution in [0.15, 0.2) is 54.6 Å². The van der Waals surface area contributed by atoms with E-state index in [1.54, 1.807) is 6.07 Å². The lowest BCUT2D eigenvalue weighted by atomic mass is 10.1. The number of thiophene rings is 1. The number of ether oxygens (including phenoxy) is 1. The molecule has 0 fully saturated rings. The fraction of sp³-hybridized carbons (Fsp3) is 0.111. The van der Waals surface area contributed by atoms with Crippen molar-refractivity contribution in [3.63, 3.8) is 0 Å². The largest absolute Gasteiger partial charge is 0.465 e. The Hall–Kier alpha value is -2.66. The van der Waals surface area contributed by atoms with E-state index in [4.69, 9.17) is 4.74 Å². The number of anilines is 1. The van der Waals surface area contributed by atoms with Crippen LogP contribution < -0.4 is 5.32 Å². The highest BCUT2D eigenvalue weighted by Crippen LogP contribution is 2.27. The van der Waals surface area contributed by atoms with E-state index >= 15 is 0 Å². The maximum absolute atomic E-state index is 12.1. The molecule has 5 heteroatoms. The average Bonchev–Trinajstić information content (AvgIpc) is 2.98. The summed E-state index contributed by atoms with van der Waals surface area (Å²) in [4.78, 5) is 24.2. The van der Waals surface area contributed by atoms with Gasteiger partial charge in [0.1, 0.15) is 4.88 Å². The number of fused-ring (bicyclic) bond motifs is 1. The second kappa shape index (κ2) is 6.62. The lowest BCUT2D eigenvalue weighted by Gasteiger charge is -2.05. The quantitative estimate of drug-likeness (QED) is 0.741. The second-order valence-electron chi connectivity index (χ2n) is 5.07. The van der Waals surface area contributed by atoms with E-state index in [0.29, 0.717) is 4.88 Å². The Balaban J connectivity index is 1.75. The summed E-state index contributed by atoms with van der Waals surface area (Å²) < 4.78 is 5.73. The summed E-state index contributed by atoms with van der Waals surface area (Å²) in [5, 5.41) is 3.81. The highest BCUT2D eigenvalue weighted by Gasteiger charge is 2.11. The van der Waals surface area contributed by atoms with Gasteiger partial charge in [-0.2, -0.15) is 0 Å². The molecule has 0 radical (unpaired) electrons. The number of benzene rings is 2. The van der Waals surface area contributed by atoms with Gasteiger partial charge in [-0.3, -0.25) is 4.79 Å². The lowest BCUT2D eigenvalue weighted by Crippen LogP contribution is -2.14. The molecule has 3 aromatic rings. The van der Waals surface area contributed by atoms with Gasteiger partial charge in [0.15, 0.2) is 0 Å². The minimum Gasteiger partial charge on any atom is -0.465 e. The Morgan fingerprint density at radius 3 is 2.61 bits per heavy atom. The van der Waals surface area contributed by atoms with E-state index in [1.165, 1.54) is 18.4 Å². The van der Waals surface area contributed by atoms with Gasteiger partial charge in [0.25, 0.3) is 0 Å². The number of rotatable bonds is 4. The van der Waals surface area contributed by atoms with Gasteiger partial charge in [-0.15, -0.1) is 11.3 Å². The van der Waals surface area contributed by atoms with Crippen LogP contribution in [0.1, 0.15) is 15.2 Å². The second-order valence-corrected chi connectivity index (χ2v) is 6.15. The summed E-state index contributed by atoms with van der Waals surface area (Å²) in [6.07, 6.45) is 0.286. The van der Waals surface area contributed by atoms with Crippen molar-refractivity contribution in [3.8, 4) is 0 Å². The number of carbonyl (C=O) groups is 2. The summed E-state index contributed by atoms with van der Waals surface area (Å²) >= 11 is 1.39.